The van der Waals surface area contributed by atoms with Crippen molar-refractivity contribution in [2.75, 3.05) is 0 Å². The van der Waals surface area contributed by atoms with Crippen LogP contribution in [0.1, 0.15) is 25.8 Å². The minimum absolute atomic E-state index is 0.0933. The third kappa shape index (κ3) is 4.15. The van der Waals surface area contributed by atoms with Crippen LogP contribution in [-0.2, 0) is 16.1 Å². The van der Waals surface area contributed by atoms with Crippen molar-refractivity contribution in [3.05, 3.63) is 35.6 Å². The molecule has 0 amide bonds. The van der Waals surface area contributed by atoms with E-state index in [1.165, 1.54) is 12.1 Å². The van der Waals surface area contributed by atoms with E-state index in [1.807, 2.05) is 13.8 Å². The van der Waals surface area contributed by atoms with Crippen LogP contribution in [0.15, 0.2) is 24.3 Å². The van der Waals surface area contributed by atoms with Crippen molar-refractivity contribution in [2.24, 2.45) is 11.7 Å². The lowest BCUT2D eigenvalue weighted by atomic mass is 10.0. The van der Waals surface area contributed by atoms with Crippen molar-refractivity contribution in [2.45, 2.75) is 32.9 Å². The van der Waals surface area contributed by atoms with Gasteiger partial charge in [0.05, 0.1) is 0 Å². The number of halogens is 1. The van der Waals surface area contributed by atoms with Gasteiger partial charge in [-0.2, -0.15) is 0 Å². The number of nitrogens with two attached hydrogens (primary N) is 1. The molecule has 17 heavy (non-hydrogen) atoms. The number of carbonyl (C=O) groups excluding carboxylic acids is 1. The predicted molar refractivity (Wildman–Crippen MR) is 63.6 cm³/mol. The Morgan fingerprint density at radius 3 is 2.53 bits per heavy atom. The van der Waals surface area contributed by atoms with Crippen molar-refractivity contribution < 1.29 is 13.9 Å². The summed E-state index contributed by atoms with van der Waals surface area (Å²) in [6.07, 6.45) is 0.826. The second kappa shape index (κ2) is 6.35. The van der Waals surface area contributed by atoms with Crippen LogP contribution in [-0.4, -0.2) is 12.0 Å². The summed E-state index contributed by atoms with van der Waals surface area (Å²) in [5.74, 6) is -0.629. The number of rotatable bonds is 5. The number of hydrogen-bond acceptors (Lipinski definition) is 3. The molecule has 2 atom stereocenters. The summed E-state index contributed by atoms with van der Waals surface area (Å²) in [6, 6.07) is 5.23. The van der Waals surface area contributed by atoms with Gasteiger partial charge in [-0.1, -0.05) is 32.4 Å². The lowest BCUT2D eigenvalue weighted by Gasteiger charge is -2.16. The molecule has 0 aliphatic heterocycles. The van der Waals surface area contributed by atoms with E-state index in [0.717, 1.165) is 12.0 Å². The lowest BCUT2D eigenvalue weighted by Crippen LogP contribution is -2.37. The topological polar surface area (TPSA) is 52.3 Å². The first kappa shape index (κ1) is 13.6. The molecule has 4 heteroatoms. The molecule has 94 valence electrons. The minimum Gasteiger partial charge on any atom is -0.460 e. The lowest BCUT2D eigenvalue weighted by molar-refractivity contribution is -0.147. The molecule has 0 radical (unpaired) electrons. The molecule has 0 saturated carbocycles. The summed E-state index contributed by atoms with van der Waals surface area (Å²) in [5.41, 5.74) is 6.47. The van der Waals surface area contributed by atoms with E-state index in [1.54, 1.807) is 12.1 Å². The van der Waals surface area contributed by atoms with Crippen molar-refractivity contribution in [1.82, 2.24) is 0 Å². The molecule has 0 saturated heterocycles. The van der Waals surface area contributed by atoms with Crippen LogP contribution in [0.4, 0.5) is 4.39 Å². The van der Waals surface area contributed by atoms with E-state index in [9.17, 15) is 9.18 Å². The maximum Gasteiger partial charge on any atom is 0.323 e. The monoisotopic (exact) mass is 239 g/mol. The molecule has 2 N–H and O–H groups in total. The molecule has 0 aliphatic carbocycles. The first-order valence-corrected chi connectivity index (χ1v) is 5.71. The van der Waals surface area contributed by atoms with Crippen LogP contribution in [0, 0.1) is 11.7 Å². The highest BCUT2D eigenvalue weighted by Crippen LogP contribution is 2.09. The highest BCUT2D eigenvalue weighted by molar-refractivity contribution is 5.75. The number of ether oxygens (including phenoxy) is 1. The van der Waals surface area contributed by atoms with Crippen LogP contribution >= 0.6 is 0 Å². The van der Waals surface area contributed by atoms with Gasteiger partial charge in [0.2, 0.25) is 0 Å². The first-order chi connectivity index (χ1) is 8.04. The van der Waals surface area contributed by atoms with Crippen molar-refractivity contribution in [1.29, 1.82) is 0 Å². The summed E-state index contributed by atoms with van der Waals surface area (Å²) in [7, 11) is 0. The zero-order valence-electron chi connectivity index (χ0n) is 10.2. The molecule has 0 heterocycles. The van der Waals surface area contributed by atoms with Gasteiger partial charge in [-0.3, -0.25) is 4.79 Å². The molecule has 0 bridgehead atoms. The van der Waals surface area contributed by atoms with Gasteiger partial charge < -0.3 is 10.5 Å². The summed E-state index contributed by atoms with van der Waals surface area (Å²) in [4.78, 5) is 11.6. The molecule has 2 unspecified atom stereocenters. The standard InChI is InChI=1S/C13H18FNO2/c1-3-9(2)12(15)13(16)17-8-10-4-6-11(14)7-5-10/h4-7,9,12H,3,8,15H2,1-2H3. The van der Waals surface area contributed by atoms with Crippen LogP contribution in [0.2, 0.25) is 0 Å². The van der Waals surface area contributed by atoms with Crippen LogP contribution in [0.3, 0.4) is 0 Å². The average Bonchev–Trinajstić information content (AvgIpc) is 2.35. The van der Waals surface area contributed by atoms with E-state index >= 15 is 0 Å². The third-order valence-corrected chi connectivity index (χ3v) is 2.82. The van der Waals surface area contributed by atoms with Crippen LogP contribution in [0.5, 0.6) is 0 Å². The molecule has 1 rings (SSSR count). The number of carbonyl (C=O) groups is 1. The Bertz CT molecular complexity index is 364. The van der Waals surface area contributed by atoms with E-state index in [2.05, 4.69) is 0 Å². The normalized spacial score (nSPS) is 14.1. The van der Waals surface area contributed by atoms with Crippen LogP contribution < -0.4 is 5.73 Å². The second-order valence-electron chi connectivity index (χ2n) is 4.15. The Hall–Kier alpha value is -1.42. The van der Waals surface area contributed by atoms with Crippen molar-refractivity contribution in [3.63, 3.8) is 0 Å². The fraction of sp³-hybridized carbons (Fsp3) is 0.462. The Morgan fingerprint density at radius 2 is 2.00 bits per heavy atom. The second-order valence-corrected chi connectivity index (χ2v) is 4.15. The quantitative estimate of drug-likeness (QED) is 0.802. The molecule has 1 aromatic carbocycles. The van der Waals surface area contributed by atoms with E-state index in [4.69, 9.17) is 10.5 Å². The Labute approximate surface area is 101 Å². The maximum atomic E-state index is 12.6. The SMILES string of the molecule is CCC(C)C(N)C(=O)OCc1ccc(F)cc1. The summed E-state index contributed by atoms with van der Waals surface area (Å²) < 4.78 is 17.7. The first-order valence-electron chi connectivity index (χ1n) is 5.71. The largest absolute Gasteiger partial charge is 0.460 e. The average molecular weight is 239 g/mol. The fourth-order valence-electron chi connectivity index (χ4n) is 1.32. The molecule has 3 nitrogen and oxygen atoms in total. The molecule has 0 aliphatic rings. The van der Waals surface area contributed by atoms with Gasteiger partial charge >= 0.3 is 5.97 Å². The van der Waals surface area contributed by atoms with Gasteiger partial charge in [0.1, 0.15) is 18.5 Å². The Balaban J connectivity index is 2.45. The molecular formula is C13H18FNO2. The zero-order valence-corrected chi connectivity index (χ0v) is 10.2. The molecule has 1 aromatic rings. The van der Waals surface area contributed by atoms with Crippen LogP contribution in [0.25, 0.3) is 0 Å². The Morgan fingerprint density at radius 1 is 1.41 bits per heavy atom. The Kier molecular flexibility index (Phi) is 5.10. The van der Waals surface area contributed by atoms with Gasteiger partial charge in [0.25, 0.3) is 0 Å². The smallest absolute Gasteiger partial charge is 0.323 e. The van der Waals surface area contributed by atoms with Crippen molar-refractivity contribution >= 4 is 5.97 Å². The summed E-state index contributed by atoms with van der Waals surface area (Å²) in [6.45, 7) is 4.00. The highest BCUT2D eigenvalue weighted by Gasteiger charge is 2.20. The van der Waals surface area contributed by atoms with Crippen molar-refractivity contribution in [3.8, 4) is 0 Å². The molecule has 0 spiro atoms. The van der Waals surface area contributed by atoms with E-state index < -0.39 is 12.0 Å². The van der Waals surface area contributed by atoms with Gasteiger partial charge in [-0.05, 0) is 23.6 Å². The highest BCUT2D eigenvalue weighted by atomic mass is 19.1. The number of hydrogen-bond donors (Lipinski definition) is 1. The third-order valence-electron chi connectivity index (χ3n) is 2.82. The number of esters is 1. The van der Waals surface area contributed by atoms with Gasteiger partial charge in [0.15, 0.2) is 0 Å². The summed E-state index contributed by atoms with van der Waals surface area (Å²) >= 11 is 0. The molecule has 0 fully saturated rings. The van der Waals surface area contributed by atoms with Gasteiger partial charge in [-0.15, -0.1) is 0 Å². The summed E-state index contributed by atoms with van der Waals surface area (Å²) in [5, 5.41) is 0. The predicted octanol–water partition coefficient (Wildman–Crippen LogP) is 2.24. The van der Waals surface area contributed by atoms with Gasteiger partial charge in [0, 0.05) is 0 Å². The van der Waals surface area contributed by atoms with Gasteiger partial charge in [-0.25, -0.2) is 4.39 Å². The minimum atomic E-state index is -0.597. The van der Waals surface area contributed by atoms with E-state index in [-0.39, 0.29) is 18.3 Å². The van der Waals surface area contributed by atoms with E-state index in [0.29, 0.717) is 0 Å². The molecule has 0 aromatic heterocycles. The fourth-order valence-corrected chi connectivity index (χ4v) is 1.32. The maximum absolute atomic E-state index is 12.6. The number of benzene rings is 1. The zero-order chi connectivity index (χ0) is 12.8. The molecular weight excluding hydrogens is 221 g/mol.